The molecule has 74 valence electrons. The van der Waals surface area contributed by atoms with Crippen molar-refractivity contribution in [2.24, 2.45) is 0 Å². The predicted molar refractivity (Wildman–Crippen MR) is 58.6 cm³/mol. The van der Waals surface area contributed by atoms with Crippen LogP contribution in [0.4, 0.5) is 5.69 Å². The third-order valence-electron chi connectivity index (χ3n) is 1.66. The van der Waals surface area contributed by atoms with Crippen LogP contribution in [0.25, 0.3) is 0 Å². The van der Waals surface area contributed by atoms with E-state index >= 15 is 0 Å². The number of hydrogen-bond donors (Lipinski definition) is 1. The number of nitrogen functional groups attached to an aromatic ring is 1. The summed E-state index contributed by atoms with van der Waals surface area (Å²) in [5.74, 6) is 0.936. The molecule has 0 aliphatic heterocycles. The van der Waals surface area contributed by atoms with Gasteiger partial charge in [0.1, 0.15) is 5.75 Å². The first-order valence-electron chi connectivity index (χ1n) is 4.23. The van der Waals surface area contributed by atoms with Gasteiger partial charge in [-0.15, -0.1) is 12.4 Å². The lowest BCUT2D eigenvalue weighted by Crippen LogP contribution is -1.97. The Hall–Kier alpha value is -0.890. The van der Waals surface area contributed by atoms with Crippen LogP contribution in [0.2, 0.25) is 0 Å². The quantitative estimate of drug-likeness (QED) is 0.764. The second kappa shape index (κ2) is 5.70. The van der Waals surface area contributed by atoms with Crippen LogP contribution in [0.15, 0.2) is 18.2 Å². The summed E-state index contributed by atoms with van der Waals surface area (Å²) in [6.07, 6.45) is 1.03. The summed E-state index contributed by atoms with van der Waals surface area (Å²) < 4.78 is 5.49. The third kappa shape index (κ3) is 3.55. The van der Waals surface area contributed by atoms with Gasteiger partial charge in [0, 0.05) is 5.69 Å². The van der Waals surface area contributed by atoms with Gasteiger partial charge >= 0.3 is 0 Å². The molecule has 0 fully saturated rings. The van der Waals surface area contributed by atoms with E-state index in [-0.39, 0.29) is 12.4 Å². The van der Waals surface area contributed by atoms with E-state index in [9.17, 15) is 0 Å². The van der Waals surface area contributed by atoms with E-state index in [1.54, 1.807) is 0 Å². The van der Waals surface area contributed by atoms with Crippen LogP contribution < -0.4 is 10.5 Å². The summed E-state index contributed by atoms with van der Waals surface area (Å²) in [5, 5.41) is 0. The van der Waals surface area contributed by atoms with Gasteiger partial charge in [0.25, 0.3) is 0 Å². The maximum Gasteiger partial charge on any atom is 0.122 e. The molecule has 3 heteroatoms. The molecule has 1 rings (SSSR count). The molecule has 0 atom stereocenters. The van der Waals surface area contributed by atoms with Gasteiger partial charge in [0.05, 0.1) is 6.61 Å². The van der Waals surface area contributed by atoms with Crippen molar-refractivity contribution >= 4 is 18.1 Å². The number of halogens is 1. The summed E-state index contributed by atoms with van der Waals surface area (Å²) >= 11 is 0. The highest BCUT2D eigenvalue weighted by Crippen LogP contribution is 2.19. The largest absolute Gasteiger partial charge is 0.493 e. The molecular formula is C10H16ClNO. The highest BCUT2D eigenvalue weighted by Gasteiger charge is 1.97. The molecule has 0 saturated carbocycles. The van der Waals surface area contributed by atoms with Crippen molar-refractivity contribution in [3.05, 3.63) is 23.8 Å². The van der Waals surface area contributed by atoms with Crippen LogP contribution in [-0.4, -0.2) is 6.61 Å². The number of rotatable bonds is 3. The average molecular weight is 202 g/mol. The zero-order valence-corrected chi connectivity index (χ0v) is 8.86. The van der Waals surface area contributed by atoms with E-state index in [1.807, 2.05) is 25.1 Å². The molecule has 0 spiro atoms. The summed E-state index contributed by atoms with van der Waals surface area (Å²) in [5.41, 5.74) is 7.49. The normalized spacial score (nSPS) is 9.08. The minimum atomic E-state index is 0. The van der Waals surface area contributed by atoms with Gasteiger partial charge in [-0.05, 0) is 37.1 Å². The molecular weight excluding hydrogens is 186 g/mol. The second-order valence-electron chi connectivity index (χ2n) is 2.87. The Balaban J connectivity index is 0.00000144. The molecule has 1 aromatic rings. The summed E-state index contributed by atoms with van der Waals surface area (Å²) in [7, 11) is 0. The van der Waals surface area contributed by atoms with Crippen molar-refractivity contribution in [2.75, 3.05) is 12.3 Å². The van der Waals surface area contributed by atoms with Crippen LogP contribution in [0.1, 0.15) is 18.9 Å². The lowest BCUT2D eigenvalue weighted by Gasteiger charge is -2.07. The van der Waals surface area contributed by atoms with Crippen LogP contribution in [-0.2, 0) is 0 Å². The molecule has 0 aliphatic rings. The molecule has 0 amide bonds. The van der Waals surface area contributed by atoms with E-state index in [2.05, 4.69) is 6.92 Å². The van der Waals surface area contributed by atoms with E-state index in [1.165, 1.54) is 0 Å². The molecule has 0 aliphatic carbocycles. The Morgan fingerprint density at radius 3 is 2.62 bits per heavy atom. The van der Waals surface area contributed by atoms with E-state index in [0.717, 1.165) is 30.0 Å². The molecule has 0 aromatic heterocycles. The van der Waals surface area contributed by atoms with Gasteiger partial charge in [0.15, 0.2) is 0 Å². The fourth-order valence-corrected chi connectivity index (χ4v) is 1.05. The highest BCUT2D eigenvalue weighted by molar-refractivity contribution is 5.85. The Morgan fingerprint density at radius 2 is 2.08 bits per heavy atom. The van der Waals surface area contributed by atoms with Crippen LogP contribution in [0.5, 0.6) is 5.75 Å². The van der Waals surface area contributed by atoms with Crippen molar-refractivity contribution in [3.63, 3.8) is 0 Å². The van der Waals surface area contributed by atoms with Crippen molar-refractivity contribution in [1.29, 1.82) is 0 Å². The van der Waals surface area contributed by atoms with Crippen LogP contribution >= 0.6 is 12.4 Å². The lowest BCUT2D eigenvalue weighted by molar-refractivity contribution is 0.315. The Kier molecular flexibility index (Phi) is 5.31. The molecule has 0 saturated heterocycles. The second-order valence-corrected chi connectivity index (χ2v) is 2.87. The van der Waals surface area contributed by atoms with Gasteiger partial charge in [-0.2, -0.15) is 0 Å². The SMILES string of the molecule is CCCOc1ccc(N)cc1C.Cl. The zero-order chi connectivity index (χ0) is 8.97. The van der Waals surface area contributed by atoms with Gasteiger partial charge in [-0.25, -0.2) is 0 Å². The molecule has 0 radical (unpaired) electrons. The molecule has 2 nitrogen and oxygen atoms in total. The van der Waals surface area contributed by atoms with Gasteiger partial charge in [-0.3, -0.25) is 0 Å². The van der Waals surface area contributed by atoms with Crippen LogP contribution in [0, 0.1) is 6.92 Å². The summed E-state index contributed by atoms with van der Waals surface area (Å²) in [6.45, 7) is 4.86. The number of aryl methyl sites for hydroxylation is 1. The Morgan fingerprint density at radius 1 is 1.38 bits per heavy atom. The number of benzene rings is 1. The van der Waals surface area contributed by atoms with Gasteiger partial charge in [-0.1, -0.05) is 6.92 Å². The van der Waals surface area contributed by atoms with Crippen molar-refractivity contribution in [2.45, 2.75) is 20.3 Å². The van der Waals surface area contributed by atoms with E-state index in [0.29, 0.717) is 0 Å². The first-order valence-corrected chi connectivity index (χ1v) is 4.23. The van der Waals surface area contributed by atoms with Gasteiger partial charge < -0.3 is 10.5 Å². The zero-order valence-electron chi connectivity index (χ0n) is 8.04. The molecule has 0 heterocycles. The number of anilines is 1. The third-order valence-corrected chi connectivity index (χ3v) is 1.66. The monoisotopic (exact) mass is 201 g/mol. The summed E-state index contributed by atoms with van der Waals surface area (Å²) in [6, 6.07) is 5.70. The fraction of sp³-hybridized carbons (Fsp3) is 0.400. The first kappa shape index (κ1) is 12.1. The Labute approximate surface area is 85.5 Å². The van der Waals surface area contributed by atoms with Crippen molar-refractivity contribution in [3.8, 4) is 5.75 Å². The topological polar surface area (TPSA) is 35.2 Å². The maximum atomic E-state index is 5.60. The minimum Gasteiger partial charge on any atom is -0.493 e. The minimum absolute atomic E-state index is 0. The molecule has 1 aromatic carbocycles. The standard InChI is InChI=1S/C10H15NO.ClH/c1-3-6-12-10-5-4-9(11)7-8(10)2;/h4-5,7H,3,6,11H2,1-2H3;1H. The number of ether oxygens (including phenoxy) is 1. The predicted octanol–water partition coefficient (Wildman–Crippen LogP) is 2.79. The average Bonchev–Trinajstić information content (AvgIpc) is 2.03. The van der Waals surface area contributed by atoms with Crippen molar-refractivity contribution in [1.82, 2.24) is 0 Å². The number of nitrogens with two attached hydrogens (primary N) is 1. The summed E-state index contributed by atoms with van der Waals surface area (Å²) in [4.78, 5) is 0. The molecule has 2 N–H and O–H groups in total. The van der Waals surface area contributed by atoms with Gasteiger partial charge in [0.2, 0.25) is 0 Å². The lowest BCUT2D eigenvalue weighted by atomic mass is 10.2. The van der Waals surface area contributed by atoms with E-state index in [4.69, 9.17) is 10.5 Å². The molecule has 13 heavy (non-hydrogen) atoms. The fourth-order valence-electron chi connectivity index (χ4n) is 1.05. The van der Waals surface area contributed by atoms with Crippen LogP contribution in [0.3, 0.4) is 0 Å². The smallest absolute Gasteiger partial charge is 0.122 e. The van der Waals surface area contributed by atoms with E-state index < -0.39 is 0 Å². The Bertz CT molecular complexity index is 263. The first-order chi connectivity index (χ1) is 5.74. The van der Waals surface area contributed by atoms with Crippen molar-refractivity contribution < 1.29 is 4.74 Å². The highest BCUT2D eigenvalue weighted by atomic mass is 35.5. The number of hydrogen-bond acceptors (Lipinski definition) is 2. The maximum absolute atomic E-state index is 5.60. The molecule has 0 bridgehead atoms. The molecule has 0 unspecified atom stereocenters.